The number of hydrogen-bond acceptors (Lipinski definition) is 3. The van der Waals surface area contributed by atoms with Gasteiger partial charge in [0.05, 0.1) is 5.56 Å². The highest BCUT2D eigenvalue weighted by atomic mass is 35.5. The lowest BCUT2D eigenvalue weighted by Crippen LogP contribution is -2.49. The van der Waals surface area contributed by atoms with Gasteiger partial charge in [-0.15, -0.1) is 12.4 Å². The van der Waals surface area contributed by atoms with E-state index in [4.69, 9.17) is 5.73 Å². The highest BCUT2D eigenvalue weighted by molar-refractivity contribution is 5.94. The van der Waals surface area contributed by atoms with Crippen molar-refractivity contribution in [2.24, 2.45) is 17.6 Å². The topological polar surface area (TPSA) is 66.6 Å². The van der Waals surface area contributed by atoms with Crippen LogP contribution in [0.25, 0.3) is 0 Å². The van der Waals surface area contributed by atoms with E-state index in [0.29, 0.717) is 44.5 Å². The smallest absolute Gasteiger partial charge is 0.256 e. The average Bonchev–Trinajstić information content (AvgIpc) is 2.67. The zero-order chi connectivity index (χ0) is 19.6. The lowest BCUT2D eigenvalue weighted by Gasteiger charge is -2.38. The molecule has 0 aromatic heterocycles. The molecule has 2 unspecified atom stereocenters. The molecule has 2 heterocycles. The van der Waals surface area contributed by atoms with Crippen LogP contribution >= 0.6 is 12.4 Å². The number of halogens is 3. The normalized spacial score (nSPS) is 21.8. The molecule has 0 radical (unpaired) electrons. The van der Waals surface area contributed by atoms with Gasteiger partial charge < -0.3 is 15.5 Å². The van der Waals surface area contributed by atoms with Crippen LogP contribution in [0.3, 0.4) is 0 Å². The maximum atomic E-state index is 13.8. The summed E-state index contributed by atoms with van der Waals surface area (Å²) in [6.07, 6.45) is 3.15. The Morgan fingerprint density at radius 2 is 1.79 bits per heavy atom. The molecule has 3 rings (SSSR count). The number of amides is 2. The summed E-state index contributed by atoms with van der Waals surface area (Å²) in [6.45, 7) is 4.25. The van der Waals surface area contributed by atoms with Gasteiger partial charge in [0.25, 0.3) is 5.91 Å². The SMILES string of the molecule is CC(N)C1CCCN(C(=O)C2CCN(C(=O)c3ccc(F)cc3F)CC2)C1.Cl. The van der Waals surface area contributed by atoms with Gasteiger partial charge in [0.2, 0.25) is 5.91 Å². The average molecular weight is 416 g/mol. The molecule has 2 aliphatic rings. The van der Waals surface area contributed by atoms with Crippen molar-refractivity contribution in [1.29, 1.82) is 0 Å². The van der Waals surface area contributed by atoms with Gasteiger partial charge in [-0.05, 0) is 50.7 Å². The maximum Gasteiger partial charge on any atom is 0.256 e. The van der Waals surface area contributed by atoms with Crippen LogP contribution in [0.4, 0.5) is 8.78 Å². The number of benzene rings is 1. The Kier molecular flexibility index (Phi) is 7.78. The number of likely N-dealkylation sites (tertiary alicyclic amines) is 2. The van der Waals surface area contributed by atoms with Crippen molar-refractivity contribution in [3.8, 4) is 0 Å². The molecule has 2 aliphatic heterocycles. The summed E-state index contributed by atoms with van der Waals surface area (Å²) in [6, 6.07) is 3.05. The monoisotopic (exact) mass is 415 g/mol. The molecule has 2 fully saturated rings. The highest BCUT2D eigenvalue weighted by Crippen LogP contribution is 2.26. The van der Waals surface area contributed by atoms with Crippen LogP contribution in [0.1, 0.15) is 43.0 Å². The molecule has 0 aliphatic carbocycles. The van der Waals surface area contributed by atoms with Crippen LogP contribution in [0.5, 0.6) is 0 Å². The number of carbonyl (C=O) groups is 2. The first-order valence-electron chi connectivity index (χ1n) is 9.65. The van der Waals surface area contributed by atoms with E-state index in [2.05, 4.69) is 0 Å². The first kappa shape index (κ1) is 22.6. The minimum atomic E-state index is -0.853. The van der Waals surface area contributed by atoms with Gasteiger partial charge in [0.15, 0.2) is 0 Å². The molecule has 1 aromatic carbocycles. The number of carbonyl (C=O) groups excluding carboxylic acids is 2. The fourth-order valence-electron chi connectivity index (χ4n) is 4.06. The molecular weight excluding hydrogens is 388 g/mol. The Morgan fingerprint density at radius 1 is 1.11 bits per heavy atom. The quantitative estimate of drug-likeness (QED) is 0.825. The van der Waals surface area contributed by atoms with Crippen LogP contribution in [0, 0.1) is 23.5 Å². The van der Waals surface area contributed by atoms with Crippen molar-refractivity contribution in [1.82, 2.24) is 9.80 Å². The second-order valence-electron chi connectivity index (χ2n) is 7.74. The molecule has 5 nitrogen and oxygen atoms in total. The first-order chi connectivity index (χ1) is 12.9. The molecule has 1 aromatic rings. The third kappa shape index (κ3) is 5.00. The van der Waals surface area contributed by atoms with Crippen molar-refractivity contribution >= 4 is 24.2 Å². The standard InChI is InChI=1S/C20H27F2N3O2.ClH/c1-13(23)15-3-2-8-25(12-15)19(26)14-6-9-24(10-7-14)20(27)17-5-4-16(21)11-18(17)22;/h4-5,11,13-15H,2-3,6-10,12,23H2,1H3;1H. The molecule has 156 valence electrons. The van der Waals surface area contributed by atoms with Crippen LogP contribution < -0.4 is 5.73 Å². The largest absolute Gasteiger partial charge is 0.342 e. The lowest BCUT2D eigenvalue weighted by molar-refractivity contribution is -0.138. The predicted molar refractivity (Wildman–Crippen MR) is 105 cm³/mol. The Hall–Kier alpha value is -1.73. The van der Waals surface area contributed by atoms with E-state index in [0.717, 1.165) is 25.5 Å². The van der Waals surface area contributed by atoms with Gasteiger partial charge in [-0.2, -0.15) is 0 Å². The molecule has 8 heteroatoms. The summed E-state index contributed by atoms with van der Waals surface area (Å²) < 4.78 is 26.9. The number of nitrogens with zero attached hydrogens (tertiary/aromatic N) is 2. The van der Waals surface area contributed by atoms with E-state index in [-0.39, 0.29) is 35.8 Å². The van der Waals surface area contributed by atoms with Crippen LogP contribution in [-0.4, -0.2) is 53.8 Å². The van der Waals surface area contributed by atoms with Crippen molar-refractivity contribution < 1.29 is 18.4 Å². The highest BCUT2D eigenvalue weighted by Gasteiger charge is 2.33. The molecule has 28 heavy (non-hydrogen) atoms. The van der Waals surface area contributed by atoms with Gasteiger partial charge in [-0.3, -0.25) is 9.59 Å². The molecule has 2 N–H and O–H groups in total. The molecule has 0 bridgehead atoms. The Balaban J connectivity index is 0.00000280. The summed E-state index contributed by atoms with van der Waals surface area (Å²) in [4.78, 5) is 28.8. The van der Waals surface area contributed by atoms with E-state index in [1.165, 1.54) is 6.07 Å². The van der Waals surface area contributed by atoms with E-state index in [1.54, 1.807) is 4.90 Å². The number of rotatable bonds is 3. The fourth-order valence-corrected chi connectivity index (χ4v) is 4.06. The Morgan fingerprint density at radius 3 is 2.39 bits per heavy atom. The summed E-state index contributed by atoms with van der Waals surface area (Å²) in [5.41, 5.74) is 5.87. The number of piperidine rings is 2. The minimum Gasteiger partial charge on any atom is -0.342 e. The van der Waals surface area contributed by atoms with E-state index >= 15 is 0 Å². The van der Waals surface area contributed by atoms with Gasteiger partial charge in [0.1, 0.15) is 11.6 Å². The van der Waals surface area contributed by atoms with Crippen LogP contribution in [0.2, 0.25) is 0 Å². The summed E-state index contributed by atoms with van der Waals surface area (Å²) in [7, 11) is 0. The van der Waals surface area contributed by atoms with Crippen LogP contribution in [0.15, 0.2) is 18.2 Å². The zero-order valence-corrected chi connectivity index (χ0v) is 16.9. The molecule has 0 spiro atoms. The fraction of sp³-hybridized carbons (Fsp3) is 0.600. The van der Waals surface area contributed by atoms with Crippen molar-refractivity contribution in [2.75, 3.05) is 26.2 Å². The molecular formula is C20H28ClF2N3O2. The minimum absolute atomic E-state index is 0. The Labute approximate surface area is 170 Å². The van der Waals surface area contributed by atoms with Gasteiger partial charge >= 0.3 is 0 Å². The van der Waals surface area contributed by atoms with Crippen LogP contribution in [-0.2, 0) is 4.79 Å². The second kappa shape index (κ2) is 9.65. The number of nitrogens with two attached hydrogens (primary N) is 1. The van der Waals surface area contributed by atoms with E-state index in [1.807, 2.05) is 11.8 Å². The summed E-state index contributed by atoms with van der Waals surface area (Å²) in [5.74, 6) is -1.65. The maximum absolute atomic E-state index is 13.8. The van der Waals surface area contributed by atoms with Crippen molar-refractivity contribution in [3.63, 3.8) is 0 Å². The van der Waals surface area contributed by atoms with Gasteiger partial charge in [-0.25, -0.2) is 8.78 Å². The molecule has 0 saturated carbocycles. The molecule has 2 amide bonds. The summed E-state index contributed by atoms with van der Waals surface area (Å²) in [5, 5.41) is 0. The van der Waals surface area contributed by atoms with E-state index < -0.39 is 17.5 Å². The second-order valence-corrected chi connectivity index (χ2v) is 7.74. The van der Waals surface area contributed by atoms with Crippen molar-refractivity contribution in [2.45, 2.75) is 38.6 Å². The van der Waals surface area contributed by atoms with E-state index in [9.17, 15) is 18.4 Å². The number of hydrogen-bond donors (Lipinski definition) is 1. The predicted octanol–water partition coefficient (Wildman–Crippen LogP) is 2.82. The molecule has 2 atom stereocenters. The van der Waals surface area contributed by atoms with Crippen molar-refractivity contribution in [3.05, 3.63) is 35.4 Å². The zero-order valence-electron chi connectivity index (χ0n) is 16.1. The third-order valence-electron chi connectivity index (χ3n) is 5.81. The first-order valence-corrected chi connectivity index (χ1v) is 9.65. The Bertz CT molecular complexity index is 709. The van der Waals surface area contributed by atoms with Gasteiger partial charge in [-0.1, -0.05) is 0 Å². The van der Waals surface area contributed by atoms with Gasteiger partial charge in [0, 0.05) is 44.2 Å². The third-order valence-corrected chi connectivity index (χ3v) is 5.81. The lowest BCUT2D eigenvalue weighted by atomic mass is 9.89. The summed E-state index contributed by atoms with van der Waals surface area (Å²) >= 11 is 0. The molecule has 2 saturated heterocycles.